The third-order valence-corrected chi connectivity index (χ3v) is 3.22. The second-order valence-corrected chi connectivity index (χ2v) is 4.83. The maximum Gasteiger partial charge on any atom is 0.188 e. The van der Waals surface area contributed by atoms with Crippen molar-refractivity contribution in [3.63, 3.8) is 0 Å². The van der Waals surface area contributed by atoms with E-state index >= 15 is 0 Å². The molecule has 2 fully saturated rings. The lowest BCUT2D eigenvalue weighted by Gasteiger charge is -2.31. The van der Waals surface area contributed by atoms with E-state index in [1.165, 1.54) is 25.9 Å². The van der Waals surface area contributed by atoms with E-state index in [9.17, 15) is 0 Å². The van der Waals surface area contributed by atoms with Crippen LogP contribution >= 0.6 is 0 Å². The molecule has 92 valence electrons. The number of rotatable bonds is 4. The Morgan fingerprint density at radius 2 is 2.00 bits per heavy atom. The van der Waals surface area contributed by atoms with Crippen LogP contribution in [0.2, 0.25) is 0 Å². The van der Waals surface area contributed by atoms with Crippen LogP contribution in [0.3, 0.4) is 0 Å². The Bertz CT molecular complexity index is 241. The van der Waals surface area contributed by atoms with E-state index in [4.69, 9.17) is 5.73 Å². The van der Waals surface area contributed by atoms with Crippen molar-refractivity contribution in [3.05, 3.63) is 0 Å². The van der Waals surface area contributed by atoms with E-state index in [0.717, 1.165) is 26.2 Å². The predicted molar refractivity (Wildman–Crippen MR) is 66.6 cm³/mol. The fourth-order valence-corrected chi connectivity index (χ4v) is 1.87. The van der Waals surface area contributed by atoms with Gasteiger partial charge in [-0.15, -0.1) is 0 Å². The molecule has 0 spiro atoms. The summed E-state index contributed by atoms with van der Waals surface area (Å²) in [5, 5.41) is 3.20. The molecule has 1 saturated heterocycles. The van der Waals surface area contributed by atoms with Crippen molar-refractivity contribution in [1.29, 1.82) is 0 Å². The summed E-state index contributed by atoms with van der Waals surface area (Å²) in [5.74, 6) is 0.622. The number of guanidine groups is 1. The van der Waals surface area contributed by atoms with Gasteiger partial charge in [-0.3, -0.25) is 9.89 Å². The molecule has 0 unspecified atom stereocenters. The van der Waals surface area contributed by atoms with Crippen LogP contribution in [0.25, 0.3) is 0 Å². The van der Waals surface area contributed by atoms with E-state index in [-0.39, 0.29) is 0 Å². The second-order valence-electron chi connectivity index (χ2n) is 4.83. The zero-order chi connectivity index (χ0) is 11.4. The van der Waals surface area contributed by atoms with E-state index in [2.05, 4.69) is 27.2 Å². The minimum absolute atomic E-state index is 0.604. The molecule has 0 radical (unpaired) electrons. The number of piperazine rings is 1. The number of nitrogens with two attached hydrogens (primary N) is 1. The summed E-state index contributed by atoms with van der Waals surface area (Å²) in [4.78, 5) is 9.16. The van der Waals surface area contributed by atoms with E-state index in [1.54, 1.807) is 0 Å². The van der Waals surface area contributed by atoms with E-state index < -0.39 is 0 Å². The molecule has 0 bridgehead atoms. The molecule has 0 atom stereocenters. The minimum atomic E-state index is 0.604. The highest BCUT2D eigenvalue weighted by atomic mass is 15.2. The summed E-state index contributed by atoms with van der Waals surface area (Å²) < 4.78 is 0. The van der Waals surface area contributed by atoms with Crippen molar-refractivity contribution in [1.82, 2.24) is 15.1 Å². The Labute approximate surface area is 97.7 Å². The van der Waals surface area contributed by atoms with Gasteiger partial charge in [0.1, 0.15) is 0 Å². The second kappa shape index (κ2) is 5.50. The first-order valence-corrected chi connectivity index (χ1v) is 6.21. The van der Waals surface area contributed by atoms with Gasteiger partial charge in [-0.25, -0.2) is 0 Å². The van der Waals surface area contributed by atoms with Crippen molar-refractivity contribution >= 4 is 5.96 Å². The molecule has 16 heavy (non-hydrogen) atoms. The van der Waals surface area contributed by atoms with Gasteiger partial charge < -0.3 is 16.0 Å². The fraction of sp³-hybridized carbons (Fsp3) is 0.909. The molecule has 1 aliphatic heterocycles. The smallest absolute Gasteiger partial charge is 0.188 e. The van der Waals surface area contributed by atoms with Crippen molar-refractivity contribution in [3.8, 4) is 0 Å². The number of nitrogens with one attached hydrogen (secondary N) is 1. The zero-order valence-electron chi connectivity index (χ0n) is 10.2. The summed E-state index contributed by atoms with van der Waals surface area (Å²) in [5.41, 5.74) is 5.76. The SMILES string of the molecule is CN1CCN(CCN=C(N)NC2CC2)CC1. The molecule has 1 saturated carbocycles. The Morgan fingerprint density at radius 3 is 2.62 bits per heavy atom. The highest BCUT2D eigenvalue weighted by Gasteiger charge is 2.21. The number of hydrogen-bond donors (Lipinski definition) is 2. The van der Waals surface area contributed by atoms with E-state index in [1.807, 2.05) is 0 Å². The van der Waals surface area contributed by atoms with Gasteiger partial charge in [-0.1, -0.05) is 0 Å². The van der Waals surface area contributed by atoms with Gasteiger partial charge in [-0.05, 0) is 19.9 Å². The quantitative estimate of drug-likeness (QED) is 0.491. The number of nitrogens with zero attached hydrogens (tertiary/aromatic N) is 3. The number of aliphatic imine (C=N–C) groups is 1. The highest BCUT2D eigenvalue weighted by molar-refractivity contribution is 5.78. The van der Waals surface area contributed by atoms with Crippen LogP contribution in [-0.4, -0.2) is 68.1 Å². The largest absolute Gasteiger partial charge is 0.370 e. The Balaban J connectivity index is 1.59. The molecular formula is C11H23N5. The Kier molecular flexibility index (Phi) is 4.01. The van der Waals surface area contributed by atoms with Gasteiger partial charge in [0.15, 0.2) is 5.96 Å². The van der Waals surface area contributed by atoms with Crippen molar-refractivity contribution in [2.75, 3.05) is 46.3 Å². The normalized spacial score (nSPS) is 24.7. The standard InChI is InChI=1S/C11H23N5/c1-15-6-8-16(9-7-15)5-4-13-11(12)14-10-2-3-10/h10H,2-9H2,1H3,(H3,12,13,14). The molecular weight excluding hydrogens is 202 g/mol. The lowest BCUT2D eigenvalue weighted by atomic mass is 10.3. The predicted octanol–water partition coefficient (Wildman–Crippen LogP) is -0.699. The molecule has 1 aliphatic carbocycles. The first-order valence-electron chi connectivity index (χ1n) is 6.21. The topological polar surface area (TPSA) is 56.9 Å². The van der Waals surface area contributed by atoms with Crippen LogP contribution in [0.15, 0.2) is 4.99 Å². The summed E-state index contributed by atoms with van der Waals surface area (Å²) in [6, 6.07) is 0.604. The lowest BCUT2D eigenvalue weighted by Crippen LogP contribution is -2.45. The van der Waals surface area contributed by atoms with Gasteiger partial charge >= 0.3 is 0 Å². The van der Waals surface area contributed by atoms with Crippen LogP contribution < -0.4 is 11.1 Å². The Morgan fingerprint density at radius 1 is 1.31 bits per heavy atom. The molecule has 2 aliphatic rings. The molecule has 0 aromatic carbocycles. The first-order chi connectivity index (χ1) is 7.74. The average Bonchev–Trinajstić information content (AvgIpc) is 3.05. The van der Waals surface area contributed by atoms with Crippen LogP contribution in [0.5, 0.6) is 0 Å². The van der Waals surface area contributed by atoms with Crippen molar-refractivity contribution < 1.29 is 0 Å². The van der Waals surface area contributed by atoms with Crippen LogP contribution in [0.1, 0.15) is 12.8 Å². The summed E-state index contributed by atoms with van der Waals surface area (Å²) in [6.45, 7) is 6.49. The molecule has 5 heteroatoms. The van der Waals surface area contributed by atoms with Gasteiger partial charge in [0, 0.05) is 38.8 Å². The molecule has 1 heterocycles. The highest BCUT2D eigenvalue weighted by Crippen LogP contribution is 2.17. The van der Waals surface area contributed by atoms with Crippen molar-refractivity contribution in [2.45, 2.75) is 18.9 Å². The molecule has 2 rings (SSSR count). The van der Waals surface area contributed by atoms with Crippen LogP contribution in [-0.2, 0) is 0 Å². The number of hydrogen-bond acceptors (Lipinski definition) is 3. The fourth-order valence-electron chi connectivity index (χ4n) is 1.87. The molecule has 3 N–H and O–H groups in total. The summed E-state index contributed by atoms with van der Waals surface area (Å²) in [6.07, 6.45) is 2.49. The lowest BCUT2D eigenvalue weighted by molar-refractivity contribution is 0.157. The third-order valence-electron chi connectivity index (χ3n) is 3.22. The molecule has 5 nitrogen and oxygen atoms in total. The number of likely N-dealkylation sites (N-methyl/N-ethyl adjacent to an activating group) is 1. The maximum absolute atomic E-state index is 5.76. The third kappa shape index (κ3) is 3.98. The zero-order valence-corrected chi connectivity index (χ0v) is 10.2. The van der Waals surface area contributed by atoms with Gasteiger partial charge in [-0.2, -0.15) is 0 Å². The van der Waals surface area contributed by atoms with Gasteiger partial charge in [0.05, 0.1) is 6.54 Å². The summed E-state index contributed by atoms with van der Waals surface area (Å²) in [7, 11) is 2.17. The maximum atomic E-state index is 5.76. The van der Waals surface area contributed by atoms with Gasteiger partial charge in [0.25, 0.3) is 0 Å². The van der Waals surface area contributed by atoms with Crippen molar-refractivity contribution in [2.24, 2.45) is 10.7 Å². The van der Waals surface area contributed by atoms with Gasteiger partial charge in [0.2, 0.25) is 0 Å². The molecule has 0 aromatic rings. The Hall–Kier alpha value is -0.810. The molecule has 0 amide bonds. The molecule has 0 aromatic heterocycles. The minimum Gasteiger partial charge on any atom is -0.370 e. The monoisotopic (exact) mass is 225 g/mol. The first kappa shape index (κ1) is 11.7. The van der Waals surface area contributed by atoms with E-state index in [0.29, 0.717) is 12.0 Å². The average molecular weight is 225 g/mol. The van der Waals surface area contributed by atoms with Crippen LogP contribution in [0.4, 0.5) is 0 Å². The summed E-state index contributed by atoms with van der Waals surface area (Å²) >= 11 is 0. The van der Waals surface area contributed by atoms with Crippen LogP contribution in [0, 0.1) is 0 Å².